The summed E-state index contributed by atoms with van der Waals surface area (Å²) in [6.07, 6.45) is 1.97. The fourth-order valence-electron chi connectivity index (χ4n) is 1.50. The van der Waals surface area contributed by atoms with Gasteiger partial charge in [0.2, 0.25) is 0 Å². The first-order valence-corrected chi connectivity index (χ1v) is 5.63. The summed E-state index contributed by atoms with van der Waals surface area (Å²) in [5.74, 6) is 0. The van der Waals surface area contributed by atoms with Gasteiger partial charge in [0.25, 0.3) is 0 Å². The van der Waals surface area contributed by atoms with Gasteiger partial charge in [-0.1, -0.05) is 13.3 Å². The van der Waals surface area contributed by atoms with Gasteiger partial charge >= 0.3 is 6.09 Å². The number of carbonyl (C=O) groups is 1. The average molecular weight is 211 g/mol. The van der Waals surface area contributed by atoms with Crippen LogP contribution in [0.1, 0.15) is 29.1 Å². The Bertz CT molecular complexity index is 335. The largest absolute Gasteiger partial charge is 0.447 e. The molecule has 0 radical (unpaired) electrons. The van der Waals surface area contributed by atoms with Crippen molar-refractivity contribution in [3.8, 4) is 0 Å². The van der Waals surface area contributed by atoms with Gasteiger partial charge in [0, 0.05) is 9.75 Å². The van der Waals surface area contributed by atoms with Crippen LogP contribution in [0.5, 0.6) is 0 Å². The van der Waals surface area contributed by atoms with E-state index in [0.717, 1.165) is 12.8 Å². The van der Waals surface area contributed by atoms with Gasteiger partial charge in [0.05, 0.1) is 0 Å². The summed E-state index contributed by atoms with van der Waals surface area (Å²) < 4.78 is 4.85. The Labute approximate surface area is 87.1 Å². The predicted molar refractivity (Wildman–Crippen MR) is 55.5 cm³/mol. The highest BCUT2D eigenvalue weighted by Crippen LogP contribution is 2.26. The monoisotopic (exact) mass is 211 g/mol. The molecule has 1 atom stereocenters. The zero-order valence-corrected chi connectivity index (χ0v) is 8.89. The highest BCUT2D eigenvalue weighted by Gasteiger charge is 2.24. The molecule has 4 heteroatoms. The molecule has 1 unspecified atom stereocenters. The minimum Gasteiger partial charge on any atom is -0.447 e. The second kappa shape index (κ2) is 4.00. The van der Waals surface area contributed by atoms with E-state index in [2.05, 4.69) is 24.4 Å². The number of amides is 1. The summed E-state index contributed by atoms with van der Waals surface area (Å²) in [4.78, 5) is 13.4. The van der Waals surface area contributed by atoms with Crippen LogP contribution in [0.3, 0.4) is 0 Å². The van der Waals surface area contributed by atoms with Gasteiger partial charge in [0.1, 0.15) is 12.6 Å². The van der Waals surface area contributed by atoms with E-state index in [1.807, 2.05) is 0 Å². The third-order valence-corrected chi connectivity index (χ3v) is 3.45. The summed E-state index contributed by atoms with van der Waals surface area (Å²) in [6.45, 7) is 2.63. The van der Waals surface area contributed by atoms with Crippen LogP contribution in [-0.4, -0.2) is 12.7 Å². The van der Waals surface area contributed by atoms with Gasteiger partial charge < -0.3 is 10.1 Å². The van der Waals surface area contributed by atoms with Crippen LogP contribution in [0.15, 0.2) is 12.1 Å². The van der Waals surface area contributed by atoms with Crippen molar-refractivity contribution < 1.29 is 9.53 Å². The van der Waals surface area contributed by atoms with Crippen molar-refractivity contribution in [2.75, 3.05) is 6.61 Å². The smallest absolute Gasteiger partial charge is 0.407 e. The lowest BCUT2D eigenvalue weighted by Gasteiger charge is -2.02. The topological polar surface area (TPSA) is 38.3 Å². The van der Waals surface area contributed by atoms with Crippen LogP contribution in [0.4, 0.5) is 4.79 Å². The van der Waals surface area contributed by atoms with Crippen LogP contribution in [0.25, 0.3) is 0 Å². The number of rotatable bonds is 3. The summed E-state index contributed by atoms with van der Waals surface area (Å²) in [5.41, 5.74) is 0. The maximum atomic E-state index is 10.8. The van der Waals surface area contributed by atoms with Gasteiger partial charge in [-0.2, -0.15) is 0 Å². The fraction of sp³-hybridized carbons (Fsp3) is 0.500. The van der Waals surface area contributed by atoms with Crippen molar-refractivity contribution in [2.45, 2.75) is 25.8 Å². The van der Waals surface area contributed by atoms with Crippen LogP contribution in [0, 0.1) is 0 Å². The minimum absolute atomic E-state index is 0.0677. The molecule has 1 aliphatic rings. The minimum atomic E-state index is -0.305. The number of thiophene rings is 1. The quantitative estimate of drug-likeness (QED) is 0.834. The van der Waals surface area contributed by atoms with Gasteiger partial charge in [-0.3, -0.25) is 0 Å². The number of cyclic esters (lactones) is 1. The first-order chi connectivity index (χ1) is 6.79. The van der Waals surface area contributed by atoms with E-state index < -0.39 is 0 Å². The fourth-order valence-corrected chi connectivity index (χ4v) is 2.65. The zero-order valence-electron chi connectivity index (χ0n) is 8.08. The van der Waals surface area contributed by atoms with Crippen LogP contribution < -0.4 is 5.32 Å². The van der Waals surface area contributed by atoms with E-state index in [1.54, 1.807) is 11.3 Å². The second-order valence-electron chi connectivity index (χ2n) is 3.35. The maximum Gasteiger partial charge on any atom is 0.407 e. The Morgan fingerprint density at radius 3 is 3.14 bits per heavy atom. The Kier molecular flexibility index (Phi) is 2.72. The molecule has 76 valence electrons. The van der Waals surface area contributed by atoms with Crippen LogP contribution >= 0.6 is 11.3 Å². The molecule has 3 nitrogen and oxygen atoms in total. The molecule has 1 saturated heterocycles. The highest BCUT2D eigenvalue weighted by molar-refractivity contribution is 7.12. The van der Waals surface area contributed by atoms with Gasteiger partial charge in [-0.05, 0) is 18.6 Å². The molecule has 2 heterocycles. The molecule has 0 bridgehead atoms. The molecule has 1 fully saturated rings. The number of alkyl carbamates (subject to hydrolysis) is 1. The summed E-state index contributed by atoms with van der Waals surface area (Å²) >= 11 is 1.76. The Hall–Kier alpha value is -1.03. The second-order valence-corrected chi connectivity index (χ2v) is 4.55. The van der Waals surface area contributed by atoms with Gasteiger partial charge in [-0.25, -0.2) is 4.79 Å². The third-order valence-electron chi connectivity index (χ3n) is 2.20. The molecule has 1 aromatic rings. The van der Waals surface area contributed by atoms with E-state index in [0.29, 0.717) is 6.61 Å². The van der Waals surface area contributed by atoms with Crippen molar-refractivity contribution in [3.63, 3.8) is 0 Å². The van der Waals surface area contributed by atoms with E-state index in [4.69, 9.17) is 4.74 Å². The molecule has 1 N–H and O–H groups in total. The normalized spacial score (nSPS) is 20.6. The van der Waals surface area contributed by atoms with Crippen molar-refractivity contribution >= 4 is 17.4 Å². The Balaban J connectivity index is 2.05. The molecule has 1 amide bonds. The molecule has 14 heavy (non-hydrogen) atoms. The molecule has 0 spiro atoms. The van der Waals surface area contributed by atoms with E-state index in [-0.39, 0.29) is 12.1 Å². The Morgan fingerprint density at radius 2 is 2.50 bits per heavy atom. The number of carbonyl (C=O) groups excluding carboxylic acids is 1. The lowest BCUT2D eigenvalue weighted by atomic mass is 10.2. The Morgan fingerprint density at radius 1 is 1.64 bits per heavy atom. The van der Waals surface area contributed by atoms with Gasteiger partial charge in [-0.15, -0.1) is 11.3 Å². The molecular weight excluding hydrogens is 198 g/mol. The number of ether oxygens (including phenoxy) is 1. The summed E-state index contributed by atoms with van der Waals surface area (Å²) in [7, 11) is 0. The SMILES string of the molecule is CCCc1ccc(C2COC(=O)N2)s1. The van der Waals surface area contributed by atoms with Gasteiger partial charge in [0.15, 0.2) is 0 Å². The molecule has 1 aromatic heterocycles. The third kappa shape index (κ3) is 1.90. The van der Waals surface area contributed by atoms with Crippen molar-refractivity contribution in [1.29, 1.82) is 0 Å². The summed E-state index contributed by atoms with van der Waals surface area (Å²) in [5, 5.41) is 2.77. The lowest BCUT2D eigenvalue weighted by molar-refractivity contribution is 0.177. The van der Waals surface area contributed by atoms with E-state index in [9.17, 15) is 4.79 Å². The number of hydrogen-bond acceptors (Lipinski definition) is 3. The number of aryl methyl sites for hydroxylation is 1. The molecule has 0 aliphatic carbocycles. The zero-order chi connectivity index (χ0) is 9.97. The molecule has 1 aliphatic heterocycles. The number of nitrogens with one attached hydrogen (secondary N) is 1. The van der Waals surface area contributed by atoms with Crippen molar-refractivity contribution in [3.05, 3.63) is 21.9 Å². The van der Waals surface area contributed by atoms with Crippen molar-refractivity contribution in [2.24, 2.45) is 0 Å². The molecule has 2 rings (SSSR count). The van der Waals surface area contributed by atoms with E-state index >= 15 is 0 Å². The highest BCUT2D eigenvalue weighted by atomic mass is 32.1. The summed E-state index contributed by atoms with van der Waals surface area (Å²) in [6, 6.07) is 4.28. The molecule has 0 saturated carbocycles. The average Bonchev–Trinajstić information content (AvgIpc) is 2.74. The van der Waals surface area contributed by atoms with Crippen LogP contribution in [-0.2, 0) is 11.2 Å². The van der Waals surface area contributed by atoms with Crippen molar-refractivity contribution in [1.82, 2.24) is 5.32 Å². The maximum absolute atomic E-state index is 10.8. The standard InChI is InChI=1S/C10H13NO2S/c1-2-3-7-4-5-9(14-7)8-6-13-10(12)11-8/h4-5,8H,2-3,6H2,1H3,(H,11,12). The lowest BCUT2D eigenvalue weighted by Crippen LogP contribution is -2.17. The number of hydrogen-bond donors (Lipinski definition) is 1. The first-order valence-electron chi connectivity index (χ1n) is 4.81. The first kappa shape index (κ1) is 9.52. The predicted octanol–water partition coefficient (Wildman–Crippen LogP) is 2.48. The van der Waals surface area contributed by atoms with Crippen LogP contribution in [0.2, 0.25) is 0 Å². The molecule has 0 aromatic carbocycles. The molecular formula is C10H13NO2S. The van der Waals surface area contributed by atoms with E-state index in [1.165, 1.54) is 9.75 Å².